The van der Waals surface area contributed by atoms with Crippen LogP contribution >= 0.6 is 0 Å². The Hall–Kier alpha value is -3.90. The molecule has 1 unspecified atom stereocenters. The lowest BCUT2D eigenvalue weighted by atomic mass is 9.92. The average molecular weight is 491 g/mol. The molecule has 0 saturated carbocycles. The highest BCUT2D eigenvalue weighted by molar-refractivity contribution is 5.68. The molecule has 0 aliphatic carbocycles. The number of alkyl halides is 6. The maximum absolute atomic E-state index is 12.6. The predicted octanol–water partition coefficient (Wildman–Crippen LogP) is 5.66. The van der Waals surface area contributed by atoms with E-state index in [0.29, 0.717) is 17.3 Å². The molecule has 182 valence electrons. The van der Waals surface area contributed by atoms with Crippen LogP contribution in [0, 0.1) is 0 Å². The molecule has 0 aliphatic rings. The molecule has 7 nitrogen and oxygen atoms in total. The highest BCUT2D eigenvalue weighted by atomic mass is 19.4. The van der Waals surface area contributed by atoms with Crippen LogP contribution in [-0.2, 0) is 11.4 Å². The fourth-order valence-corrected chi connectivity index (χ4v) is 2.99. The van der Waals surface area contributed by atoms with Gasteiger partial charge in [-0.1, -0.05) is 23.4 Å². The number of ether oxygens (including phenoxy) is 3. The van der Waals surface area contributed by atoms with Crippen molar-refractivity contribution in [1.82, 2.24) is 5.16 Å². The summed E-state index contributed by atoms with van der Waals surface area (Å²) in [5.41, 5.74) is 1.08. The third-order valence-corrected chi connectivity index (χ3v) is 4.34. The van der Waals surface area contributed by atoms with Gasteiger partial charge in [-0.05, 0) is 35.4 Å². The van der Waals surface area contributed by atoms with E-state index in [9.17, 15) is 31.1 Å². The molecule has 0 spiro atoms. The van der Waals surface area contributed by atoms with Crippen LogP contribution in [0.1, 0.15) is 29.2 Å². The molecule has 0 amide bonds. The van der Waals surface area contributed by atoms with Gasteiger partial charge in [0, 0.05) is 12.0 Å². The Balaban J connectivity index is 1.73. The van der Waals surface area contributed by atoms with Crippen LogP contribution in [0.2, 0.25) is 0 Å². The second kappa shape index (κ2) is 9.93. The lowest BCUT2D eigenvalue weighted by molar-refractivity contribution is -0.287. The third-order valence-electron chi connectivity index (χ3n) is 4.34. The lowest BCUT2D eigenvalue weighted by Gasteiger charge is -2.17. The topological polar surface area (TPSA) is 91.0 Å². The van der Waals surface area contributed by atoms with E-state index in [1.807, 2.05) is 0 Å². The molecule has 0 aliphatic heterocycles. The van der Waals surface area contributed by atoms with Gasteiger partial charge in [0.1, 0.15) is 18.6 Å². The van der Waals surface area contributed by atoms with Crippen molar-refractivity contribution in [3.05, 3.63) is 71.6 Å². The van der Waals surface area contributed by atoms with Crippen molar-refractivity contribution in [2.45, 2.75) is 31.7 Å². The summed E-state index contributed by atoms with van der Waals surface area (Å²) in [4.78, 5) is 11.2. The second-order valence-electron chi connectivity index (χ2n) is 6.81. The SMILES string of the molecule is O=C(O)CC(c1ccc(OCc2ccc(OC(F)(F)F)c(OC(F)(F)F)c2)cc1)c1ccon1. The lowest BCUT2D eigenvalue weighted by Crippen LogP contribution is -2.21. The first kappa shape index (κ1) is 24.7. The Morgan fingerprint density at radius 1 is 0.941 bits per heavy atom. The zero-order chi connectivity index (χ0) is 24.9. The van der Waals surface area contributed by atoms with Gasteiger partial charge in [-0.25, -0.2) is 0 Å². The van der Waals surface area contributed by atoms with E-state index >= 15 is 0 Å². The Kier molecular flexibility index (Phi) is 7.23. The van der Waals surface area contributed by atoms with Crippen LogP contribution in [0.3, 0.4) is 0 Å². The number of hydrogen-bond donors (Lipinski definition) is 1. The molecule has 0 saturated heterocycles. The summed E-state index contributed by atoms with van der Waals surface area (Å²) in [6, 6.07) is 10.2. The van der Waals surface area contributed by atoms with Gasteiger partial charge in [-0.15, -0.1) is 26.3 Å². The zero-order valence-corrected chi connectivity index (χ0v) is 16.9. The van der Waals surface area contributed by atoms with Gasteiger partial charge in [0.05, 0.1) is 12.1 Å². The van der Waals surface area contributed by atoms with Crippen LogP contribution in [0.5, 0.6) is 17.2 Å². The first-order chi connectivity index (χ1) is 15.9. The summed E-state index contributed by atoms with van der Waals surface area (Å²) < 4.78 is 92.5. The summed E-state index contributed by atoms with van der Waals surface area (Å²) in [6.07, 6.45) is -9.40. The maximum Gasteiger partial charge on any atom is 0.573 e. The Morgan fingerprint density at radius 3 is 2.15 bits per heavy atom. The molecule has 2 aromatic carbocycles. The molecule has 34 heavy (non-hydrogen) atoms. The Bertz CT molecular complexity index is 1100. The molecule has 0 bridgehead atoms. The monoisotopic (exact) mass is 491 g/mol. The van der Waals surface area contributed by atoms with Gasteiger partial charge < -0.3 is 23.8 Å². The summed E-state index contributed by atoms with van der Waals surface area (Å²) in [5, 5.41) is 12.9. The van der Waals surface area contributed by atoms with Crippen molar-refractivity contribution in [1.29, 1.82) is 0 Å². The Morgan fingerprint density at radius 2 is 1.59 bits per heavy atom. The molecule has 3 rings (SSSR count). The molecule has 1 atom stereocenters. The zero-order valence-electron chi connectivity index (χ0n) is 16.9. The van der Waals surface area contributed by atoms with E-state index in [4.69, 9.17) is 14.4 Å². The van der Waals surface area contributed by atoms with Crippen molar-refractivity contribution in [2.24, 2.45) is 0 Å². The fraction of sp³-hybridized carbons (Fsp3) is 0.238. The number of hydrogen-bond acceptors (Lipinski definition) is 6. The highest BCUT2D eigenvalue weighted by Gasteiger charge is 2.36. The minimum Gasteiger partial charge on any atom is -0.489 e. The van der Waals surface area contributed by atoms with E-state index in [2.05, 4.69) is 14.6 Å². The van der Waals surface area contributed by atoms with E-state index in [1.54, 1.807) is 12.1 Å². The van der Waals surface area contributed by atoms with Gasteiger partial charge in [0.15, 0.2) is 11.5 Å². The number of benzene rings is 2. The van der Waals surface area contributed by atoms with Gasteiger partial charge in [0.25, 0.3) is 0 Å². The first-order valence-corrected chi connectivity index (χ1v) is 9.39. The average Bonchev–Trinajstić information content (AvgIpc) is 3.25. The van der Waals surface area contributed by atoms with Gasteiger partial charge in [0.2, 0.25) is 0 Å². The molecule has 1 aromatic heterocycles. The number of carbonyl (C=O) groups is 1. The number of halogens is 6. The van der Waals surface area contributed by atoms with E-state index in [-0.39, 0.29) is 24.3 Å². The quantitative estimate of drug-likeness (QED) is 0.387. The van der Waals surface area contributed by atoms with Crippen LogP contribution in [0.15, 0.2) is 59.3 Å². The van der Waals surface area contributed by atoms with Crippen molar-refractivity contribution in [3.63, 3.8) is 0 Å². The molecule has 3 aromatic rings. The minimum atomic E-state index is -5.24. The summed E-state index contributed by atoms with van der Waals surface area (Å²) in [7, 11) is 0. The smallest absolute Gasteiger partial charge is 0.489 e. The van der Waals surface area contributed by atoms with Crippen LogP contribution in [0.4, 0.5) is 26.3 Å². The number of nitrogens with zero attached hydrogens (tertiary/aromatic N) is 1. The molecule has 0 fully saturated rings. The van der Waals surface area contributed by atoms with Crippen LogP contribution in [0.25, 0.3) is 0 Å². The third kappa shape index (κ3) is 7.32. The number of aromatic nitrogens is 1. The van der Waals surface area contributed by atoms with Crippen molar-refractivity contribution in [3.8, 4) is 17.2 Å². The van der Waals surface area contributed by atoms with Crippen molar-refractivity contribution in [2.75, 3.05) is 0 Å². The van der Waals surface area contributed by atoms with Gasteiger partial charge >= 0.3 is 18.7 Å². The van der Waals surface area contributed by atoms with E-state index in [1.165, 1.54) is 24.5 Å². The number of carboxylic acids is 1. The van der Waals surface area contributed by atoms with Crippen molar-refractivity contribution >= 4 is 5.97 Å². The minimum absolute atomic E-state index is 0.0733. The molecular weight excluding hydrogens is 476 g/mol. The molecule has 0 radical (unpaired) electrons. The van der Waals surface area contributed by atoms with E-state index < -0.39 is 36.1 Å². The number of rotatable bonds is 9. The summed E-state index contributed by atoms with van der Waals surface area (Å²) in [6.45, 7) is -0.304. The molecule has 13 heteroatoms. The highest BCUT2D eigenvalue weighted by Crippen LogP contribution is 2.36. The summed E-state index contributed by atoms with van der Waals surface area (Å²) in [5.74, 6) is -3.70. The molecule has 1 N–H and O–H groups in total. The largest absolute Gasteiger partial charge is 0.573 e. The first-order valence-electron chi connectivity index (χ1n) is 9.39. The van der Waals surface area contributed by atoms with Crippen LogP contribution in [-0.4, -0.2) is 29.0 Å². The summed E-state index contributed by atoms with van der Waals surface area (Å²) >= 11 is 0. The van der Waals surface area contributed by atoms with E-state index in [0.717, 1.165) is 12.1 Å². The van der Waals surface area contributed by atoms with Crippen molar-refractivity contribution < 1.29 is 55.0 Å². The standard InChI is InChI=1S/C21H15F6NO6/c22-20(23,24)33-17-6-1-12(9-18(17)34-21(25,26)27)11-31-14-4-2-13(3-5-14)15(10-19(29)30)16-7-8-32-28-16/h1-9,15H,10-11H2,(H,29,30). The van der Waals surface area contributed by atoms with Gasteiger partial charge in [-0.3, -0.25) is 4.79 Å². The maximum atomic E-state index is 12.6. The Labute approximate surface area is 187 Å². The fourth-order valence-electron chi connectivity index (χ4n) is 2.99. The van der Waals surface area contributed by atoms with Crippen LogP contribution < -0.4 is 14.2 Å². The predicted molar refractivity (Wildman–Crippen MR) is 101 cm³/mol. The number of aliphatic carboxylic acids is 1. The van der Waals surface area contributed by atoms with Gasteiger partial charge in [-0.2, -0.15) is 0 Å². The molecule has 1 heterocycles. The number of carboxylic acid groups (broad SMARTS) is 1. The molecular formula is C21H15F6NO6. The normalized spacial score (nSPS) is 12.8. The second-order valence-corrected chi connectivity index (χ2v) is 6.81.